The number of rotatable bonds is 5. The van der Waals surface area contributed by atoms with Crippen molar-refractivity contribution < 1.29 is 13.3 Å². The smallest absolute Gasteiger partial charge is 0.270 e. The van der Waals surface area contributed by atoms with Crippen molar-refractivity contribution in [1.29, 1.82) is 0 Å². The van der Waals surface area contributed by atoms with Crippen molar-refractivity contribution >= 4 is 21.5 Å². The summed E-state index contributed by atoms with van der Waals surface area (Å²) < 4.78 is 28.7. The minimum Gasteiger partial charge on any atom is -0.354 e. The lowest BCUT2D eigenvalue weighted by Gasteiger charge is -2.34. The molecule has 2 aromatic heterocycles. The van der Waals surface area contributed by atoms with E-state index in [-0.39, 0.29) is 23.7 Å². The highest BCUT2D eigenvalue weighted by molar-refractivity contribution is 7.89. The molecule has 4 rings (SSSR count). The van der Waals surface area contributed by atoms with E-state index >= 15 is 0 Å². The summed E-state index contributed by atoms with van der Waals surface area (Å²) >= 11 is 0. The number of sulfonamides is 1. The van der Waals surface area contributed by atoms with E-state index in [0.717, 1.165) is 6.07 Å². The van der Waals surface area contributed by atoms with Crippen LogP contribution in [0.25, 0.3) is 5.82 Å². The third-order valence-electron chi connectivity index (χ3n) is 4.61. The van der Waals surface area contributed by atoms with Gasteiger partial charge in [0.1, 0.15) is 12.1 Å². The third kappa shape index (κ3) is 3.79. The maximum atomic E-state index is 12.9. The van der Waals surface area contributed by atoms with Crippen molar-refractivity contribution in [2.75, 3.05) is 31.1 Å². The average Bonchev–Trinajstić information content (AvgIpc) is 3.29. The highest BCUT2D eigenvalue weighted by atomic mass is 32.2. The van der Waals surface area contributed by atoms with Crippen LogP contribution >= 0.6 is 0 Å². The summed E-state index contributed by atoms with van der Waals surface area (Å²) in [5.74, 6) is 1.30. The molecule has 0 spiro atoms. The molecule has 11 nitrogen and oxygen atoms in total. The molecule has 1 aromatic carbocycles. The van der Waals surface area contributed by atoms with Gasteiger partial charge in [-0.1, -0.05) is 6.07 Å². The summed E-state index contributed by atoms with van der Waals surface area (Å²) in [4.78, 5) is 20.7. The first-order valence-corrected chi connectivity index (χ1v) is 10.2. The van der Waals surface area contributed by atoms with Gasteiger partial charge in [-0.3, -0.25) is 10.1 Å². The minimum absolute atomic E-state index is 0.0804. The van der Waals surface area contributed by atoms with Crippen molar-refractivity contribution in [3.8, 4) is 5.82 Å². The number of nitro groups is 1. The lowest BCUT2D eigenvalue weighted by molar-refractivity contribution is -0.385. The van der Waals surface area contributed by atoms with Gasteiger partial charge in [-0.2, -0.15) is 9.40 Å². The Morgan fingerprint density at radius 3 is 2.45 bits per heavy atom. The van der Waals surface area contributed by atoms with Gasteiger partial charge in [0.2, 0.25) is 10.0 Å². The van der Waals surface area contributed by atoms with Crippen LogP contribution < -0.4 is 4.90 Å². The van der Waals surface area contributed by atoms with Crippen molar-refractivity contribution in [3.63, 3.8) is 0 Å². The van der Waals surface area contributed by atoms with Gasteiger partial charge in [0, 0.05) is 56.8 Å². The van der Waals surface area contributed by atoms with Crippen LogP contribution in [-0.4, -0.2) is 63.6 Å². The number of piperazine rings is 1. The van der Waals surface area contributed by atoms with Crippen LogP contribution in [0.5, 0.6) is 0 Å². The minimum atomic E-state index is -3.81. The summed E-state index contributed by atoms with van der Waals surface area (Å²) in [7, 11) is -3.81. The predicted octanol–water partition coefficient (Wildman–Crippen LogP) is 1.08. The molecule has 150 valence electrons. The van der Waals surface area contributed by atoms with Gasteiger partial charge in [0.05, 0.1) is 9.82 Å². The number of aromatic nitrogens is 4. The van der Waals surface area contributed by atoms with Crippen molar-refractivity contribution in [2.45, 2.75) is 4.90 Å². The van der Waals surface area contributed by atoms with Gasteiger partial charge in [-0.05, 0) is 12.1 Å². The zero-order chi connectivity index (χ0) is 20.4. The molecule has 1 fully saturated rings. The second kappa shape index (κ2) is 7.56. The number of hydrogen-bond donors (Lipinski definition) is 0. The fraction of sp³-hybridized carbons (Fsp3) is 0.235. The maximum absolute atomic E-state index is 12.9. The Hall–Kier alpha value is -3.38. The lowest BCUT2D eigenvalue weighted by atomic mass is 10.3. The van der Waals surface area contributed by atoms with Gasteiger partial charge < -0.3 is 4.90 Å². The Morgan fingerprint density at radius 2 is 1.76 bits per heavy atom. The second-order valence-electron chi connectivity index (χ2n) is 6.33. The molecule has 0 bridgehead atoms. The van der Waals surface area contributed by atoms with E-state index in [2.05, 4.69) is 15.1 Å². The summed E-state index contributed by atoms with van der Waals surface area (Å²) in [6.45, 7) is 1.35. The largest absolute Gasteiger partial charge is 0.354 e. The molecule has 12 heteroatoms. The molecular weight excluding hydrogens is 398 g/mol. The van der Waals surface area contributed by atoms with E-state index in [0.29, 0.717) is 24.7 Å². The molecule has 29 heavy (non-hydrogen) atoms. The van der Waals surface area contributed by atoms with Gasteiger partial charge in [0.25, 0.3) is 5.69 Å². The van der Waals surface area contributed by atoms with Crippen LogP contribution in [0, 0.1) is 10.1 Å². The van der Waals surface area contributed by atoms with Crippen molar-refractivity contribution in [1.82, 2.24) is 24.1 Å². The summed E-state index contributed by atoms with van der Waals surface area (Å²) in [5, 5.41) is 15.1. The molecule has 1 aliphatic heterocycles. The number of nitro benzene ring substituents is 1. The molecule has 0 N–H and O–H groups in total. The molecule has 1 aliphatic rings. The number of non-ortho nitro benzene ring substituents is 1. The van der Waals surface area contributed by atoms with Crippen LogP contribution in [0.3, 0.4) is 0 Å². The molecule has 3 aromatic rings. The highest BCUT2D eigenvalue weighted by Crippen LogP contribution is 2.23. The van der Waals surface area contributed by atoms with Crippen LogP contribution in [-0.2, 0) is 10.0 Å². The van der Waals surface area contributed by atoms with Gasteiger partial charge in [-0.15, -0.1) is 0 Å². The Bertz CT molecular complexity index is 1130. The van der Waals surface area contributed by atoms with Crippen LogP contribution in [0.2, 0.25) is 0 Å². The second-order valence-corrected chi connectivity index (χ2v) is 8.27. The molecule has 0 amide bonds. The number of benzene rings is 1. The SMILES string of the molecule is O=[N+]([O-])c1cccc(S(=O)(=O)N2CCN(c3cc(-n4cccn4)ncn3)CC2)c1. The van der Waals surface area contributed by atoms with Crippen LogP contribution in [0.4, 0.5) is 11.5 Å². The van der Waals surface area contributed by atoms with Gasteiger partial charge >= 0.3 is 0 Å². The van der Waals surface area contributed by atoms with E-state index in [1.54, 1.807) is 29.2 Å². The predicted molar refractivity (Wildman–Crippen MR) is 103 cm³/mol. The van der Waals surface area contributed by atoms with E-state index in [1.165, 1.54) is 28.8 Å². The maximum Gasteiger partial charge on any atom is 0.270 e. The van der Waals surface area contributed by atoms with E-state index < -0.39 is 14.9 Å². The summed E-state index contributed by atoms with van der Waals surface area (Å²) in [6.07, 6.45) is 4.87. The normalized spacial score (nSPS) is 15.4. The lowest BCUT2D eigenvalue weighted by Crippen LogP contribution is -2.49. The van der Waals surface area contributed by atoms with Gasteiger partial charge in [0.15, 0.2) is 5.82 Å². The fourth-order valence-corrected chi connectivity index (χ4v) is 4.57. The highest BCUT2D eigenvalue weighted by Gasteiger charge is 2.30. The zero-order valence-corrected chi connectivity index (χ0v) is 16.0. The molecular formula is C17H17N7O4S. The van der Waals surface area contributed by atoms with Crippen molar-refractivity contribution in [2.24, 2.45) is 0 Å². The Kier molecular flexibility index (Phi) is 4.94. The first kappa shape index (κ1) is 19.0. The first-order valence-electron chi connectivity index (χ1n) is 8.77. The zero-order valence-electron chi connectivity index (χ0n) is 15.2. The Morgan fingerprint density at radius 1 is 1.00 bits per heavy atom. The summed E-state index contributed by atoms with van der Waals surface area (Å²) in [5.41, 5.74) is -0.253. The molecule has 0 atom stereocenters. The molecule has 0 saturated carbocycles. The molecule has 3 heterocycles. The van der Waals surface area contributed by atoms with Crippen LogP contribution in [0.15, 0.2) is 60.0 Å². The topological polar surface area (TPSA) is 127 Å². The molecule has 1 saturated heterocycles. The molecule has 0 aliphatic carbocycles. The molecule has 0 radical (unpaired) electrons. The Balaban J connectivity index is 1.49. The van der Waals surface area contributed by atoms with E-state index in [9.17, 15) is 18.5 Å². The first-order chi connectivity index (χ1) is 13.9. The standard InChI is InChI=1S/C17H17N7O4S/c25-24(26)14-3-1-4-15(11-14)29(27,28)22-9-7-21(8-10-22)16-12-17(19-13-18-16)23-6-2-5-20-23/h1-6,11-13H,7-10H2. The average molecular weight is 415 g/mol. The Labute approximate surface area is 166 Å². The monoisotopic (exact) mass is 415 g/mol. The molecule has 0 unspecified atom stereocenters. The van der Waals surface area contributed by atoms with Crippen molar-refractivity contribution in [3.05, 3.63) is 65.2 Å². The number of anilines is 1. The quantitative estimate of drug-likeness (QED) is 0.447. The number of hydrogen-bond acceptors (Lipinski definition) is 8. The fourth-order valence-electron chi connectivity index (χ4n) is 3.10. The number of nitrogens with zero attached hydrogens (tertiary/aromatic N) is 7. The van der Waals surface area contributed by atoms with Gasteiger partial charge in [-0.25, -0.2) is 23.1 Å². The summed E-state index contributed by atoms with van der Waals surface area (Å²) in [6, 6.07) is 8.68. The third-order valence-corrected chi connectivity index (χ3v) is 6.50. The van der Waals surface area contributed by atoms with Crippen LogP contribution in [0.1, 0.15) is 0 Å². The van der Waals surface area contributed by atoms with E-state index in [1.807, 2.05) is 4.90 Å². The van der Waals surface area contributed by atoms with E-state index in [4.69, 9.17) is 0 Å².